The van der Waals surface area contributed by atoms with Gasteiger partial charge < -0.3 is 15.8 Å². The molecular formula is C18H21FN2O2. The molecule has 4 nitrogen and oxygen atoms in total. The third-order valence-electron chi connectivity index (χ3n) is 3.36. The summed E-state index contributed by atoms with van der Waals surface area (Å²) in [7, 11) is 0. The summed E-state index contributed by atoms with van der Waals surface area (Å²) in [4.78, 5) is 11.7. The van der Waals surface area contributed by atoms with Gasteiger partial charge in [0.1, 0.15) is 0 Å². The number of nitrogens with one attached hydrogen (secondary N) is 1. The lowest BCUT2D eigenvalue weighted by Crippen LogP contribution is -2.25. The fourth-order valence-electron chi connectivity index (χ4n) is 2.10. The highest BCUT2D eigenvalue weighted by Gasteiger charge is 2.04. The predicted molar refractivity (Wildman–Crippen MR) is 88.7 cm³/mol. The van der Waals surface area contributed by atoms with Crippen LogP contribution in [-0.4, -0.2) is 19.1 Å². The van der Waals surface area contributed by atoms with Crippen molar-refractivity contribution in [1.82, 2.24) is 5.32 Å². The van der Waals surface area contributed by atoms with E-state index < -0.39 is 0 Å². The number of benzene rings is 2. The average Bonchev–Trinajstić information content (AvgIpc) is 2.55. The molecule has 0 radical (unpaired) electrons. The van der Waals surface area contributed by atoms with Crippen LogP contribution in [0.2, 0.25) is 0 Å². The van der Waals surface area contributed by atoms with Gasteiger partial charge in [0, 0.05) is 18.7 Å². The zero-order valence-electron chi connectivity index (χ0n) is 12.9. The van der Waals surface area contributed by atoms with Crippen molar-refractivity contribution in [3.05, 3.63) is 59.9 Å². The average molecular weight is 316 g/mol. The molecule has 0 saturated carbocycles. The van der Waals surface area contributed by atoms with Crippen molar-refractivity contribution in [3.8, 4) is 5.75 Å². The second-order valence-corrected chi connectivity index (χ2v) is 5.22. The first-order valence-corrected chi connectivity index (χ1v) is 7.63. The Morgan fingerprint density at radius 2 is 1.87 bits per heavy atom. The summed E-state index contributed by atoms with van der Waals surface area (Å²) in [5, 5.41) is 2.86. The summed E-state index contributed by atoms with van der Waals surface area (Å²) in [5.41, 5.74) is 7.47. The number of anilines is 1. The topological polar surface area (TPSA) is 64.3 Å². The molecule has 3 N–H and O–H groups in total. The molecule has 0 unspecified atom stereocenters. The summed E-state index contributed by atoms with van der Waals surface area (Å²) >= 11 is 0. The number of carbonyl (C=O) groups excluding carboxylic acids is 1. The molecule has 0 aliphatic carbocycles. The van der Waals surface area contributed by atoms with Crippen LogP contribution in [0.4, 0.5) is 10.1 Å². The minimum atomic E-state index is -0.388. The van der Waals surface area contributed by atoms with E-state index in [1.165, 1.54) is 6.07 Å². The highest BCUT2D eigenvalue weighted by Crippen LogP contribution is 2.15. The number of rotatable bonds is 8. The zero-order valence-corrected chi connectivity index (χ0v) is 12.9. The van der Waals surface area contributed by atoms with Crippen molar-refractivity contribution in [1.29, 1.82) is 0 Å². The van der Waals surface area contributed by atoms with Gasteiger partial charge >= 0.3 is 0 Å². The van der Waals surface area contributed by atoms with E-state index in [-0.39, 0.29) is 17.5 Å². The first-order chi connectivity index (χ1) is 11.1. The van der Waals surface area contributed by atoms with Gasteiger partial charge in [-0.2, -0.15) is 0 Å². The first kappa shape index (κ1) is 16.8. The number of amides is 1. The SMILES string of the molecule is Nc1ccc(CCNC(=O)CCCOc2ccccc2F)cc1. The number of carbonyl (C=O) groups is 1. The van der Waals surface area contributed by atoms with E-state index in [9.17, 15) is 9.18 Å². The van der Waals surface area contributed by atoms with Crippen molar-refractivity contribution in [2.45, 2.75) is 19.3 Å². The van der Waals surface area contributed by atoms with Crippen molar-refractivity contribution in [2.75, 3.05) is 18.9 Å². The molecule has 122 valence electrons. The number of para-hydroxylation sites is 1. The van der Waals surface area contributed by atoms with Crippen LogP contribution in [0.3, 0.4) is 0 Å². The summed E-state index contributed by atoms with van der Waals surface area (Å²) in [6, 6.07) is 13.8. The van der Waals surface area contributed by atoms with Crippen LogP contribution < -0.4 is 15.8 Å². The molecule has 0 spiro atoms. The number of hydrogen-bond acceptors (Lipinski definition) is 3. The van der Waals surface area contributed by atoms with Crippen molar-refractivity contribution >= 4 is 11.6 Å². The van der Waals surface area contributed by atoms with Gasteiger partial charge in [-0.05, 0) is 42.7 Å². The summed E-state index contributed by atoms with van der Waals surface area (Å²) in [5.74, 6) is -0.200. The van der Waals surface area contributed by atoms with Crippen LogP contribution in [0.15, 0.2) is 48.5 Å². The van der Waals surface area contributed by atoms with Crippen molar-refractivity contribution in [3.63, 3.8) is 0 Å². The van der Waals surface area contributed by atoms with Crippen LogP contribution in [0, 0.1) is 5.82 Å². The number of halogens is 1. The van der Waals surface area contributed by atoms with E-state index in [1.54, 1.807) is 18.2 Å². The van der Waals surface area contributed by atoms with Crippen LogP contribution in [0.1, 0.15) is 18.4 Å². The largest absolute Gasteiger partial charge is 0.491 e. The van der Waals surface area contributed by atoms with Crippen LogP contribution >= 0.6 is 0 Å². The molecule has 0 heterocycles. The van der Waals surface area contributed by atoms with E-state index in [0.717, 1.165) is 17.7 Å². The fraction of sp³-hybridized carbons (Fsp3) is 0.278. The monoisotopic (exact) mass is 316 g/mol. The van der Waals surface area contributed by atoms with Gasteiger partial charge in [-0.25, -0.2) is 4.39 Å². The molecule has 2 aromatic rings. The molecule has 2 aromatic carbocycles. The molecule has 23 heavy (non-hydrogen) atoms. The van der Waals surface area contributed by atoms with Gasteiger partial charge in [0.15, 0.2) is 11.6 Å². The zero-order chi connectivity index (χ0) is 16.5. The Hall–Kier alpha value is -2.56. The first-order valence-electron chi connectivity index (χ1n) is 7.63. The molecular weight excluding hydrogens is 295 g/mol. The highest BCUT2D eigenvalue weighted by atomic mass is 19.1. The molecule has 2 rings (SSSR count). The van der Waals surface area contributed by atoms with E-state index in [2.05, 4.69) is 5.32 Å². The van der Waals surface area contributed by atoms with E-state index in [0.29, 0.717) is 26.0 Å². The maximum atomic E-state index is 13.3. The number of hydrogen-bond donors (Lipinski definition) is 2. The summed E-state index contributed by atoms with van der Waals surface area (Å²) < 4.78 is 18.6. The van der Waals surface area contributed by atoms with E-state index >= 15 is 0 Å². The Labute approximate surface area is 135 Å². The smallest absolute Gasteiger partial charge is 0.220 e. The minimum absolute atomic E-state index is 0.0300. The Morgan fingerprint density at radius 3 is 2.61 bits per heavy atom. The molecule has 0 bridgehead atoms. The van der Waals surface area contributed by atoms with Gasteiger partial charge in [0.2, 0.25) is 5.91 Å². The molecule has 0 aromatic heterocycles. The number of nitrogens with two attached hydrogens (primary N) is 1. The number of ether oxygens (including phenoxy) is 1. The standard InChI is InChI=1S/C18H21FN2O2/c19-16-4-1-2-5-17(16)23-13-3-6-18(22)21-12-11-14-7-9-15(20)10-8-14/h1-2,4-5,7-10H,3,6,11-13,20H2,(H,21,22). The van der Waals surface area contributed by atoms with Crippen LogP contribution in [0.5, 0.6) is 5.75 Å². The normalized spacial score (nSPS) is 10.3. The molecule has 0 aliphatic rings. The third-order valence-corrected chi connectivity index (χ3v) is 3.36. The van der Waals surface area contributed by atoms with Gasteiger partial charge in [0.05, 0.1) is 6.61 Å². The Balaban J connectivity index is 1.58. The van der Waals surface area contributed by atoms with Crippen LogP contribution in [0.25, 0.3) is 0 Å². The third kappa shape index (κ3) is 5.98. The lowest BCUT2D eigenvalue weighted by Gasteiger charge is -2.08. The Bertz CT molecular complexity index is 629. The Morgan fingerprint density at radius 1 is 1.13 bits per heavy atom. The van der Waals surface area contributed by atoms with E-state index in [1.807, 2.05) is 24.3 Å². The molecule has 0 atom stereocenters. The second kappa shape index (κ2) is 8.78. The van der Waals surface area contributed by atoms with Crippen LogP contribution in [-0.2, 0) is 11.2 Å². The molecule has 1 amide bonds. The number of nitrogen functional groups attached to an aromatic ring is 1. The van der Waals surface area contributed by atoms with Gasteiger partial charge in [-0.3, -0.25) is 4.79 Å². The van der Waals surface area contributed by atoms with E-state index in [4.69, 9.17) is 10.5 Å². The molecule has 0 fully saturated rings. The second-order valence-electron chi connectivity index (χ2n) is 5.22. The minimum Gasteiger partial charge on any atom is -0.491 e. The molecule has 0 aliphatic heterocycles. The molecule has 0 saturated heterocycles. The molecule has 5 heteroatoms. The maximum Gasteiger partial charge on any atom is 0.220 e. The van der Waals surface area contributed by atoms with Gasteiger partial charge in [-0.1, -0.05) is 24.3 Å². The Kier molecular flexibility index (Phi) is 6.41. The van der Waals surface area contributed by atoms with Gasteiger partial charge in [0.25, 0.3) is 0 Å². The summed E-state index contributed by atoms with van der Waals surface area (Å²) in [6.45, 7) is 0.892. The lowest BCUT2D eigenvalue weighted by molar-refractivity contribution is -0.121. The van der Waals surface area contributed by atoms with Crippen molar-refractivity contribution < 1.29 is 13.9 Å². The predicted octanol–water partition coefficient (Wildman–Crippen LogP) is 2.93. The van der Waals surface area contributed by atoms with Crippen molar-refractivity contribution in [2.24, 2.45) is 0 Å². The highest BCUT2D eigenvalue weighted by molar-refractivity contribution is 5.75. The van der Waals surface area contributed by atoms with Gasteiger partial charge in [-0.15, -0.1) is 0 Å². The maximum absolute atomic E-state index is 13.3. The lowest BCUT2D eigenvalue weighted by atomic mass is 10.1. The summed E-state index contributed by atoms with van der Waals surface area (Å²) in [6.07, 6.45) is 1.66. The quantitative estimate of drug-likeness (QED) is 0.581. The fourth-order valence-corrected chi connectivity index (χ4v) is 2.10.